The lowest BCUT2D eigenvalue weighted by molar-refractivity contribution is 0.102. The van der Waals surface area contributed by atoms with Gasteiger partial charge in [-0.05, 0) is 24.3 Å². The molecule has 1 aromatic carbocycles. The van der Waals surface area contributed by atoms with Crippen molar-refractivity contribution in [3.8, 4) is 0 Å². The number of benzene rings is 1. The van der Waals surface area contributed by atoms with E-state index < -0.39 is 17.3 Å². The van der Waals surface area contributed by atoms with Crippen molar-refractivity contribution in [3.63, 3.8) is 0 Å². The molecule has 3 rings (SSSR count). The summed E-state index contributed by atoms with van der Waals surface area (Å²) >= 11 is 5.83. The second-order valence-corrected chi connectivity index (χ2v) is 4.86. The number of hydrogen-bond acceptors (Lipinski definition) is 3. The van der Waals surface area contributed by atoms with Crippen LogP contribution in [0.3, 0.4) is 0 Å². The summed E-state index contributed by atoms with van der Waals surface area (Å²) in [6.07, 6.45) is 2.75. The van der Waals surface area contributed by atoms with Crippen molar-refractivity contribution in [3.05, 3.63) is 75.5 Å². The zero-order valence-corrected chi connectivity index (χ0v) is 11.8. The van der Waals surface area contributed by atoms with Crippen LogP contribution >= 0.6 is 11.6 Å². The summed E-state index contributed by atoms with van der Waals surface area (Å²) in [4.78, 5) is 28.4. The molecule has 110 valence electrons. The van der Waals surface area contributed by atoms with Gasteiger partial charge < -0.3 is 5.32 Å². The molecule has 0 aliphatic heterocycles. The zero-order chi connectivity index (χ0) is 15.7. The highest BCUT2D eigenvalue weighted by atomic mass is 35.5. The number of halogens is 2. The Bertz CT molecular complexity index is 919. The topological polar surface area (TPSA) is 63.5 Å². The van der Waals surface area contributed by atoms with Gasteiger partial charge in [-0.25, -0.2) is 9.37 Å². The van der Waals surface area contributed by atoms with E-state index in [1.54, 1.807) is 18.2 Å². The summed E-state index contributed by atoms with van der Waals surface area (Å²) in [5.41, 5.74) is -0.407. The molecule has 3 aromatic rings. The standard InChI is InChI=1S/C15H9ClFN3O2/c16-9-4-3-5-10(17)13(9)14(21)19-11-8-18-12-6-1-2-7-20(12)15(11)22/h1-8H,(H,19,21). The predicted octanol–water partition coefficient (Wildman–Crippen LogP) is 2.74. The zero-order valence-electron chi connectivity index (χ0n) is 11.1. The largest absolute Gasteiger partial charge is 0.316 e. The lowest BCUT2D eigenvalue weighted by Crippen LogP contribution is -2.24. The summed E-state index contributed by atoms with van der Waals surface area (Å²) in [5, 5.41) is 2.31. The first-order chi connectivity index (χ1) is 10.6. The molecule has 0 atom stereocenters. The van der Waals surface area contributed by atoms with Gasteiger partial charge in [0.05, 0.1) is 16.8 Å². The molecule has 7 heteroatoms. The second kappa shape index (κ2) is 5.57. The third kappa shape index (κ3) is 2.44. The van der Waals surface area contributed by atoms with E-state index >= 15 is 0 Å². The summed E-state index contributed by atoms with van der Waals surface area (Å²) in [6.45, 7) is 0. The van der Waals surface area contributed by atoms with Crippen LogP contribution in [0.15, 0.2) is 53.6 Å². The fourth-order valence-corrected chi connectivity index (χ4v) is 2.26. The Morgan fingerprint density at radius 2 is 2.05 bits per heavy atom. The Labute approximate surface area is 129 Å². The summed E-state index contributed by atoms with van der Waals surface area (Å²) in [5.74, 6) is -1.57. The van der Waals surface area contributed by atoms with Crippen molar-refractivity contribution in [1.29, 1.82) is 0 Å². The highest BCUT2D eigenvalue weighted by Gasteiger charge is 2.17. The molecule has 0 saturated carbocycles. The van der Waals surface area contributed by atoms with Crippen LogP contribution < -0.4 is 10.9 Å². The Kier molecular flexibility index (Phi) is 3.60. The van der Waals surface area contributed by atoms with Gasteiger partial charge in [-0.2, -0.15) is 0 Å². The van der Waals surface area contributed by atoms with Crippen molar-refractivity contribution < 1.29 is 9.18 Å². The third-order valence-electron chi connectivity index (χ3n) is 3.05. The van der Waals surface area contributed by atoms with Gasteiger partial charge in [-0.1, -0.05) is 23.7 Å². The number of nitrogens with one attached hydrogen (secondary N) is 1. The summed E-state index contributed by atoms with van der Waals surface area (Å²) < 4.78 is 15.0. The van der Waals surface area contributed by atoms with E-state index in [2.05, 4.69) is 10.3 Å². The maximum absolute atomic E-state index is 13.7. The molecule has 0 fully saturated rings. The molecule has 1 amide bonds. The normalized spacial score (nSPS) is 10.6. The third-order valence-corrected chi connectivity index (χ3v) is 3.37. The molecule has 2 aromatic heterocycles. The van der Waals surface area contributed by atoms with Crippen LogP contribution in [0.25, 0.3) is 5.65 Å². The van der Waals surface area contributed by atoms with Crippen LogP contribution in [0.1, 0.15) is 10.4 Å². The number of fused-ring (bicyclic) bond motifs is 1. The van der Waals surface area contributed by atoms with Crippen LogP contribution in [0.2, 0.25) is 5.02 Å². The molecule has 0 saturated heterocycles. The average molecular weight is 318 g/mol. The van der Waals surface area contributed by atoms with Gasteiger partial charge in [0.1, 0.15) is 17.2 Å². The molecule has 0 aliphatic rings. The van der Waals surface area contributed by atoms with E-state index in [-0.39, 0.29) is 16.3 Å². The highest BCUT2D eigenvalue weighted by Crippen LogP contribution is 2.19. The Hall–Kier alpha value is -2.73. The minimum Gasteiger partial charge on any atom is -0.316 e. The molecular weight excluding hydrogens is 309 g/mol. The number of anilines is 1. The van der Waals surface area contributed by atoms with Gasteiger partial charge >= 0.3 is 0 Å². The van der Waals surface area contributed by atoms with Crippen LogP contribution in [-0.4, -0.2) is 15.3 Å². The van der Waals surface area contributed by atoms with Crippen molar-refractivity contribution in [1.82, 2.24) is 9.38 Å². The molecule has 5 nitrogen and oxygen atoms in total. The second-order valence-electron chi connectivity index (χ2n) is 4.46. The monoisotopic (exact) mass is 317 g/mol. The Morgan fingerprint density at radius 3 is 2.82 bits per heavy atom. The minimum atomic E-state index is -0.808. The molecule has 1 N–H and O–H groups in total. The van der Waals surface area contributed by atoms with Gasteiger partial charge in [-0.3, -0.25) is 14.0 Å². The van der Waals surface area contributed by atoms with Crippen LogP contribution in [0.4, 0.5) is 10.1 Å². The Morgan fingerprint density at radius 1 is 1.23 bits per heavy atom. The molecule has 0 spiro atoms. The first-order valence-corrected chi connectivity index (χ1v) is 6.67. The fourth-order valence-electron chi connectivity index (χ4n) is 2.01. The van der Waals surface area contributed by atoms with Crippen LogP contribution in [-0.2, 0) is 0 Å². The quantitative estimate of drug-likeness (QED) is 0.790. The summed E-state index contributed by atoms with van der Waals surface area (Å²) in [6, 6.07) is 8.95. The predicted molar refractivity (Wildman–Crippen MR) is 80.8 cm³/mol. The number of amides is 1. The number of aromatic nitrogens is 2. The molecule has 0 aliphatic carbocycles. The molecule has 2 heterocycles. The van der Waals surface area contributed by atoms with Gasteiger partial charge in [0.2, 0.25) is 0 Å². The number of carbonyl (C=O) groups is 1. The van der Waals surface area contributed by atoms with Crippen LogP contribution in [0, 0.1) is 5.82 Å². The number of pyridine rings is 1. The molecule has 0 radical (unpaired) electrons. The average Bonchev–Trinajstić information content (AvgIpc) is 2.50. The highest BCUT2D eigenvalue weighted by molar-refractivity contribution is 6.34. The van der Waals surface area contributed by atoms with Crippen molar-refractivity contribution in [2.45, 2.75) is 0 Å². The molecule has 0 bridgehead atoms. The minimum absolute atomic E-state index is 0.0358. The first-order valence-electron chi connectivity index (χ1n) is 6.29. The molecule has 0 unspecified atom stereocenters. The maximum atomic E-state index is 13.7. The van der Waals surface area contributed by atoms with Crippen molar-refractivity contribution in [2.24, 2.45) is 0 Å². The van der Waals surface area contributed by atoms with E-state index in [0.29, 0.717) is 5.65 Å². The lowest BCUT2D eigenvalue weighted by Gasteiger charge is -2.08. The van der Waals surface area contributed by atoms with Crippen molar-refractivity contribution in [2.75, 3.05) is 5.32 Å². The Balaban J connectivity index is 2.02. The number of carbonyl (C=O) groups excluding carboxylic acids is 1. The fraction of sp³-hybridized carbons (Fsp3) is 0. The number of hydrogen-bond donors (Lipinski definition) is 1. The number of rotatable bonds is 2. The van der Waals surface area contributed by atoms with Gasteiger partial charge in [0.15, 0.2) is 0 Å². The summed E-state index contributed by atoms with van der Waals surface area (Å²) in [7, 11) is 0. The van der Waals surface area contributed by atoms with E-state index in [1.807, 2.05) is 0 Å². The van der Waals surface area contributed by atoms with Gasteiger partial charge in [0.25, 0.3) is 11.5 Å². The van der Waals surface area contributed by atoms with Crippen LogP contribution in [0.5, 0.6) is 0 Å². The molecular formula is C15H9ClFN3O2. The van der Waals surface area contributed by atoms with Gasteiger partial charge in [-0.15, -0.1) is 0 Å². The van der Waals surface area contributed by atoms with Gasteiger partial charge in [0, 0.05) is 6.20 Å². The SMILES string of the molecule is O=C(Nc1cnc2ccccn2c1=O)c1c(F)cccc1Cl. The number of nitrogens with zero attached hydrogens (tertiary/aromatic N) is 2. The molecule has 22 heavy (non-hydrogen) atoms. The van der Waals surface area contributed by atoms with E-state index in [0.717, 1.165) is 6.07 Å². The maximum Gasteiger partial charge on any atom is 0.281 e. The van der Waals surface area contributed by atoms with E-state index in [4.69, 9.17) is 11.6 Å². The lowest BCUT2D eigenvalue weighted by atomic mass is 10.2. The van der Waals surface area contributed by atoms with E-state index in [1.165, 1.54) is 28.9 Å². The first kappa shape index (κ1) is 14.2. The van der Waals surface area contributed by atoms with Crippen molar-refractivity contribution >= 4 is 28.8 Å². The smallest absolute Gasteiger partial charge is 0.281 e. The van der Waals surface area contributed by atoms with E-state index in [9.17, 15) is 14.0 Å².